The first kappa shape index (κ1) is 59.5. The van der Waals surface area contributed by atoms with Crippen molar-refractivity contribution < 1.29 is 23.9 Å². The van der Waals surface area contributed by atoms with Crippen LogP contribution in [0.15, 0.2) is 0 Å². The summed E-state index contributed by atoms with van der Waals surface area (Å²) in [5.74, 6) is -3.37. The summed E-state index contributed by atoms with van der Waals surface area (Å²) >= 11 is 0. The second kappa shape index (κ2) is 47.9. The van der Waals surface area contributed by atoms with Gasteiger partial charge in [-0.3, -0.25) is 19.2 Å². The Hall–Kier alpha value is -1.52. The minimum atomic E-state index is -0.902. The summed E-state index contributed by atoms with van der Waals surface area (Å²) in [4.78, 5) is 54.8. The van der Waals surface area contributed by atoms with E-state index in [2.05, 4.69) is 27.7 Å². The molecule has 0 N–H and O–H groups in total. The van der Waals surface area contributed by atoms with Crippen molar-refractivity contribution >= 4 is 23.5 Å². The van der Waals surface area contributed by atoms with Crippen molar-refractivity contribution in [3.8, 4) is 0 Å². The maximum Gasteiger partial charge on any atom is 0.324 e. The fraction of sp³-hybridized carbons (Fsp3) is 0.929. The molecule has 0 aliphatic rings. The van der Waals surface area contributed by atoms with Crippen molar-refractivity contribution in [2.45, 2.75) is 323 Å². The topological polar surface area (TPSA) is 77.5 Å². The Kier molecular flexibility index (Phi) is 46.8. The van der Waals surface area contributed by atoms with Gasteiger partial charge >= 0.3 is 11.9 Å². The molecule has 0 aromatic carbocycles. The number of hydrogen-bond acceptors (Lipinski definition) is 5. The van der Waals surface area contributed by atoms with Gasteiger partial charge in [0.25, 0.3) is 0 Å². The third kappa shape index (κ3) is 39.8. The minimum absolute atomic E-state index is 0.0804. The van der Waals surface area contributed by atoms with Crippen LogP contribution in [0, 0.1) is 11.8 Å². The van der Waals surface area contributed by atoms with Gasteiger partial charge in [-0.15, -0.1) is 0 Å². The molecule has 2 atom stereocenters. The van der Waals surface area contributed by atoms with Crippen molar-refractivity contribution in [2.24, 2.45) is 11.8 Å². The summed E-state index contributed by atoms with van der Waals surface area (Å²) in [5, 5.41) is 0. The summed E-state index contributed by atoms with van der Waals surface area (Å²) in [5.41, 5.74) is 0. The van der Waals surface area contributed by atoms with Crippen molar-refractivity contribution in [1.29, 1.82) is 0 Å². The van der Waals surface area contributed by atoms with E-state index in [4.69, 9.17) is 4.74 Å². The second-order valence-electron chi connectivity index (χ2n) is 19.3. The molecule has 0 aromatic heterocycles. The van der Waals surface area contributed by atoms with Gasteiger partial charge in [0, 0.05) is 12.8 Å². The predicted molar refractivity (Wildman–Crippen MR) is 263 cm³/mol. The van der Waals surface area contributed by atoms with E-state index < -0.39 is 23.8 Å². The van der Waals surface area contributed by atoms with Crippen LogP contribution in [0.3, 0.4) is 0 Å². The summed E-state index contributed by atoms with van der Waals surface area (Å²) in [6.45, 7) is 9.01. The number of Topliss-reactive ketones (excluding diaryl/α,β-unsaturated/α-hetero) is 2. The maximum absolute atomic E-state index is 13.7. The van der Waals surface area contributed by atoms with E-state index in [1.165, 1.54) is 193 Å². The van der Waals surface area contributed by atoms with Crippen LogP contribution in [0.1, 0.15) is 323 Å². The number of esters is 2. The van der Waals surface area contributed by atoms with Gasteiger partial charge in [0.1, 0.15) is 23.4 Å². The third-order valence-electron chi connectivity index (χ3n) is 13.3. The Bertz CT molecular complexity index is 898. The Morgan fingerprint density at radius 1 is 0.262 bits per heavy atom. The molecule has 0 aromatic rings. The molecule has 0 spiro atoms. The number of hydrogen-bond donors (Lipinski definition) is 0. The van der Waals surface area contributed by atoms with Gasteiger partial charge in [-0.05, 0) is 25.7 Å². The van der Waals surface area contributed by atoms with Gasteiger partial charge in [-0.1, -0.05) is 285 Å². The number of rotatable bonds is 50. The molecule has 0 saturated carbocycles. The van der Waals surface area contributed by atoms with Crippen LogP contribution in [0.5, 0.6) is 0 Å². The highest BCUT2D eigenvalue weighted by Gasteiger charge is 2.34. The number of ketones is 2. The summed E-state index contributed by atoms with van der Waals surface area (Å²) in [7, 11) is 0. The van der Waals surface area contributed by atoms with E-state index in [0.29, 0.717) is 25.7 Å². The zero-order valence-electron chi connectivity index (χ0n) is 41.7. The fourth-order valence-corrected chi connectivity index (χ4v) is 9.01. The lowest BCUT2D eigenvalue weighted by Crippen LogP contribution is -2.33. The third-order valence-corrected chi connectivity index (χ3v) is 13.3. The first-order valence-corrected chi connectivity index (χ1v) is 27.7. The number of carbonyl (C=O) groups excluding carboxylic acids is 4. The molecular formula is C56H106O5. The van der Waals surface area contributed by atoms with E-state index in [-0.39, 0.29) is 11.6 Å². The second-order valence-corrected chi connectivity index (χ2v) is 19.3. The molecular weight excluding hydrogens is 753 g/mol. The van der Waals surface area contributed by atoms with Gasteiger partial charge in [0.05, 0.1) is 0 Å². The highest BCUT2D eigenvalue weighted by atomic mass is 16.6. The van der Waals surface area contributed by atoms with Gasteiger partial charge in [-0.2, -0.15) is 0 Å². The quantitative estimate of drug-likeness (QED) is 0.0346. The smallest absolute Gasteiger partial charge is 0.324 e. The molecule has 0 amide bonds. The normalized spacial score (nSPS) is 12.5. The minimum Gasteiger partial charge on any atom is -0.392 e. The first-order chi connectivity index (χ1) is 29.9. The molecule has 2 unspecified atom stereocenters. The van der Waals surface area contributed by atoms with E-state index in [1.54, 1.807) is 0 Å². The highest BCUT2D eigenvalue weighted by Crippen LogP contribution is 2.23. The number of carbonyl (C=O) groups is 4. The average molecular weight is 859 g/mol. The molecule has 0 aliphatic carbocycles. The maximum atomic E-state index is 13.7. The Morgan fingerprint density at radius 3 is 0.656 bits per heavy atom. The SMILES string of the molecule is CCCCCCCCCCCCCC(=O)C(CCCCCCCCCCCC)C(=O)OC(=O)C(CCCCCCCCCCCC)C(=O)CCCCCCCCCCCCC. The predicted octanol–water partition coefficient (Wildman–Crippen LogP) is 18.5. The molecule has 0 heterocycles. The fourth-order valence-electron chi connectivity index (χ4n) is 9.01. The molecule has 61 heavy (non-hydrogen) atoms. The van der Waals surface area contributed by atoms with Crippen molar-refractivity contribution in [3.05, 3.63) is 0 Å². The zero-order chi connectivity index (χ0) is 44.7. The Morgan fingerprint density at radius 2 is 0.443 bits per heavy atom. The lowest BCUT2D eigenvalue weighted by molar-refractivity contribution is -0.167. The largest absolute Gasteiger partial charge is 0.392 e. The molecule has 0 rings (SSSR count). The molecule has 5 heteroatoms. The lowest BCUT2D eigenvalue weighted by Gasteiger charge is -2.18. The van der Waals surface area contributed by atoms with Crippen molar-refractivity contribution in [1.82, 2.24) is 0 Å². The van der Waals surface area contributed by atoms with Gasteiger partial charge in [0.15, 0.2) is 0 Å². The van der Waals surface area contributed by atoms with E-state index in [0.717, 1.165) is 77.0 Å². The Labute approximate surface area is 381 Å². The van der Waals surface area contributed by atoms with Crippen LogP contribution in [0.4, 0.5) is 0 Å². The molecule has 360 valence electrons. The molecule has 0 fully saturated rings. The molecule has 5 nitrogen and oxygen atoms in total. The van der Waals surface area contributed by atoms with Gasteiger partial charge in [0.2, 0.25) is 0 Å². The molecule has 0 radical (unpaired) electrons. The zero-order valence-corrected chi connectivity index (χ0v) is 41.7. The molecule has 0 aliphatic heterocycles. The molecule has 0 bridgehead atoms. The van der Waals surface area contributed by atoms with Gasteiger partial charge < -0.3 is 4.74 Å². The summed E-state index contributed by atoms with van der Waals surface area (Å²) < 4.78 is 5.60. The van der Waals surface area contributed by atoms with Crippen LogP contribution in [-0.4, -0.2) is 23.5 Å². The summed E-state index contributed by atoms with van der Waals surface area (Å²) in [6, 6.07) is 0. The van der Waals surface area contributed by atoms with Crippen LogP contribution >= 0.6 is 0 Å². The van der Waals surface area contributed by atoms with E-state index >= 15 is 0 Å². The first-order valence-electron chi connectivity index (χ1n) is 27.7. The van der Waals surface area contributed by atoms with Crippen LogP contribution in [-0.2, 0) is 23.9 Å². The van der Waals surface area contributed by atoms with Gasteiger partial charge in [-0.25, -0.2) is 0 Å². The molecule has 0 saturated heterocycles. The van der Waals surface area contributed by atoms with E-state index in [9.17, 15) is 19.2 Å². The highest BCUT2D eigenvalue weighted by molar-refractivity contribution is 6.06. The Balaban J connectivity index is 5.24. The average Bonchev–Trinajstić information content (AvgIpc) is 3.25. The lowest BCUT2D eigenvalue weighted by atomic mass is 9.91. The van der Waals surface area contributed by atoms with Crippen LogP contribution in [0.25, 0.3) is 0 Å². The standard InChI is InChI=1S/C56H106O5/c1-5-9-13-17-21-25-29-33-37-41-45-49-53(57)51(47-43-39-35-31-27-23-19-15-11-7-3)55(59)61-56(60)52(48-44-40-36-32-28-24-20-16-12-8-4)54(58)50-46-42-38-34-30-26-22-18-14-10-6-2/h51-52H,5-50H2,1-4H3. The van der Waals surface area contributed by atoms with Crippen LogP contribution in [0.2, 0.25) is 0 Å². The van der Waals surface area contributed by atoms with Crippen LogP contribution < -0.4 is 0 Å². The monoisotopic (exact) mass is 859 g/mol. The van der Waals surface area contributed by atoms with Crippen molar-refractivity contribution in [2.75, 3.05) is 0 Å². The summed E-state index contributed by atoms with van der Waals surface area (Å²) in [6.07, 6.45) is 51.8. The number of unbranched alkanes of at least 4 members (excludes halogenated alkanes) is 38. The number of ether oxygens (including phenoxy) is 1. The van der Waals surface area contributed by atoms with E-state index in [1.807, 2.05) is 0 Å². The van der Waals surface area contributed by atoms with Crippen molar-refractivity contribution in [3.63, 3.8) is 0 Å².